The summed E-state index contributed by atoms with van der Waals surface area (Å²) in [6, 6.07) is 5.92. The van der Waals surface area contributed by atoms with Crippen LogP contribution < -0.4 is 5.32 Å². The predicted molar refractivity (Wildman–Crippen MR) is 54.6 cm³/mol. The first kappa shape index (κ1) is 9.16. The van der Waals surface area contributed by atoms with Crippen LogP contribution in [0.3, 0.4) is 0 Å². The summed E-state index contributed by atoms with van der Waals surface area (Å²) in [5.41, 5.74) is 2.35. The van der Waals surface area contributed by atoms with Gasteiger partial charge in [0.1, 0.15) is 6.67 Å². The van der Waals surface area contributed by atoms with Crippen LogP contribution >= 0.6 is 15.9 Å². The zero-order valence-electron chi connectivity index (χ0n) is 7.19. The smallest absolute Gasteiger partial charge is 0.109 e. The fourth-order valence-corrected chi connectivity index (χ4v) is 2.49. The fraction of sp³-hybridized carbons (Fsp3) is 0.400. The number of hydrogen-bond donors (Lipinski definition) is 1. The van der Waals surface area contributed by atoms with Gasteiger partial charge in [0.2, 0.25) is 0 Å². The van der Waals surface area contributed by atoms with Gasteiger partial charge in [-0.15, -0.1) is 0 Å². The van der Waals surface area contributed by atoms with E-state index in [1.165, 1.54) is 5.56 Å². The van der Waals surface area contributed by atoms with Gasteiger partial charge in [0.25, 0.3) is 0 Å². The van der Waals surface area contributed by atoms with Crippen LogP contribution in [-0.4, -0.2) is 13.2 Å². The van der Waals surface area contributed by atoms with Crippen molar-refractivity contribution < 1.29 is 4.39 Å². The summed E-state index contributed by atoms with van der Waals surface area (Å²) < 4.78 is 13.7. The maximum absolute atomic E-state index is 12.7. The molecule has 0 aliphatic carbocycles. The van der Waals surface area contributed by atoms with Crippen LogP contribution in [-0.2, 0) is 6.42 Å². The molecule has 0 saturated carbocycles. The van der Waals surface area contributed by atoms with Crippen LogP contribution in [0.25, 0.3) is 0 Å². The van der Waals surface area contributed by atoms with Crippen molar-refractivity contribution in [2.24, 2.45) is 0 Å². The molecule has 1 heterocycles. The molecule has 70 valence electrons. The Morgan fingerprint density at radius 2 is 2.38 bits per heavy atom. The number of nitrogens with one attached hydrogen (secondary N) is 1. The van der Waals surface area contributed by atoms with Crippen molar-refractivity contribution in [2.75, 3.05) is 13.2 Å². The third kappa shape index (κ3) is 1.63. The van der Waals surface area contributed by atoms with E-state index >= 15 is 0 Å². The summed E-state index contributed by atoms with van der Waals surface area (Å²) >= 11 is 3.46. The van der Waals surface area contributed by atoms with Gasteiger partial charge >= 0.3 is 0 Å². The Kier molecular flexibility index (Phi) is 2.65. The first-order chi connectivity index (χ1) is 6.33. The minimum atomic E-state index is -0.338. The number of rotatable bonds is 1. The summed E-state index contributed by atoms with van der Waals surface area (Å²) in [6.45, 7) is 0.535. The van der Waals surface area contributed by atoms with Crippen LogP contribution in [0.1, 0.15) is 17.2 Å². The summed E-state index contributed by atoms with van der Waals surface area (Å²) in [7, 11) is 0. The summed E-state index contributed by atoms with van der Waals surface area (Å²) in [5.74, 6) is 0. The van der Waals surface area contributed by atoms with Crippen molar-refractivity contribution in [1.82, 2.24) is 5.32 Å². The molecule has 1 atom stereocenters. The second kappa shape index (κ2) is 3.76. The van der Waals surface area contributed by atoms with Gasteiger partial charge in [-0.05, 0) is 30.2 Å². The molecular weight excluding hydrogens is 233 g/mol. The van der Waals surface area contributed by atoms with E-state index in [-0.39, 0.29) is 12.7 Å². The second-order valence-corrected chi connectivity index (χ2v) is 4.08. The molecule has 0 saturated heterocycles. The molecule has 0 fully saturated rings. The maximum atomic E-state index is 12.7. The lowest BCUT2D eigenvalue weighted by Gasteiger charge is -2.25. The van der Waals surface area contributed by atoms with Gasteiger partial charge in [-0.1, -0.05) is 28.1 Å². The Balaban J connectivity index is 2.47. The van der Waals surface area contributed by atoms with Gasteiger partial charge in [-0.25, -0.2) is 4.39 Å². The zero-order valence-corrected chi connectivity index (χ0v) is 8.77. The van der Waals surface area contributed by atoms with Crippen LogP contribution in [0.2, 0.25) is 0 Å². The van der Waals surface area contributed by atoms with Crippen molar-refractivity contribution in [3.63, 3.8) is 0 Å². The van der Waals surface area contributed by atoms with Crippen molar-refractivity contribution in [2.45, 2.75) is 12.5 Å². The lowest BCUT2D eigenvalue weighted by molar-refractivity contribution is 0.370. The average molecular weight is 244 g/mol. The minimum Gasteiger partial charge on any atom is -0.307 e. The molecule has 1 N–H and O–H groups in total. The second-order valence-electron chi connectivity index (χ2n) is 3.22. The molecule has 1 aromatic rings. The Labute approximate surface area is 85.5 Å². The molecule has 3 heteroatoms. The van der Waals surface area contributed by atoms with E-state index in [9.17, 15) is 4.39 Å². The van der Waals surface area contributed by atoms with Crippen LogP contribution in [0.5, 0.6) is 0 Å². The van der Waals surface area contributed by atoms with E-state index in [4.69, 9.17) is 0 Å². The Morgan fingerprint density at radius 1 is 1.54 bits per heavy atom. The first-order valence-corrected chi connectivity index (χ1v) is 5.19. The van der Waals surface area contributed by atoms with Crippen LogP contribution in [0.15, 0.2) is 22.7 Å². The number of benzene rings is 1. The summed E-state index contributed by atoms with van der Waals surface area (Å²) in [4.78, 5) is 0. The fourth-order valence-electron chi connectivity index (χ4n) is 1.80. The van der Waals surface area contributed by atoms with E-state index in [0.717, 1.165) is 23.0 Å². The maximum Gasteiger partial charge on any atom is 0.109 e. The molecule has 0 amide bonds. The van der Waals surface area contributed by atoms with Gasteiger partial charge in [-0.3, -0.25) is 0 Å². The molecule has 0 aromatic heterocycles. The number of fused-ring (bicyclic) bond motifs is 1. The van der Waals surface area contributed by atoms with E-state index in [2.05, 4.69) is 27.3 Å². The van der Waals surface area contributed by atoms with E-state index in [1.807, 2.05) is 12.1 Å². The third-order valence-corrected chi connectivity index (χ3v) is 3.12. The number of hydrogen-bond acceptors (Lipinski definition) is 1. The van der Waals surface area contributed by atoms with Gasteiger partial charge in [0.15, 0.2) is 0 Å². The van der Waals surface area contributed by atoms with Crippen LogP contribution in [0.4, 0.5) is 4.39 Å². The highest BCUT2D eigenvalue weighted by molar-refractivity contribution is 9.10. The van der Waals surface area contributed by atoms with Crippen molar-refractivity contribution >= 4 is 15.9 Å². The van der Waals surface area contributed by atoms with Gasteiger partial charge < -0.3 is 5.32 Å². The SMILES string of the molecule is FCC1NCCc2cccc(Br)c21. The molecule has 2 rings (SSSR count). The monoisotopic (exact) mass is 243 g/mol. The van der Waals surface area contributed by atoms with E-state index in [1.54, 1.807) is 0 Å². The molecule has 13 heavy (non-hydrogen) atoms. The van der Waals surface area contributed by atoms with Crippen molar-refractivity contribution in [3.8, 4) is 0 Å². The molecule has 0 radical (unpaired) electrons. The lowest BCUT2D eigenvalue weighted by Crippen LogP contribution is -2.31. The average Bonchev–Trinajstić information content (AvgIpc) is 2.17. The predicted octanol–water partition coefficient (Wildman–Crippen LogP) is 2.61. The molecule has 1 aromatic carbocycles. The summed E-state index contributed by atoms with van der Waals surface area (Å²) in [5, 5.41) is 3.16. The number of alkyl halides is 1. The first-order valence-electron chi connectivity index (χ1n) is 4.39. The molecule has 1 nitrogen and oxygen atoms in total. The van der Waals surface area contributed by atoms with Gasteiger partial charge in [0.05, 0.1) is 6.04 Å². The van der Waals surface area contributed by atoms with Gasteiger partial charge in [0, 0.05) is 4.47 Å². The largest absolute Gasteiger partial charge is 0.307 e. The molecule has 0 bridgehead atoms. The van der Waals surface area contributed by atoms with Crippen molar-refractivity contribution in [1.29, 1.82) is 0 Å². The minimum absolute atomic E-state index is 0.126. The van der Waals surface area contributed by atoms with Gasteiger partial charge in [-0.2, -0.15) is 0 Å². The number of halogens is 2. The molecule has 0 spiro atoms. The molecule has 1 aliphatic heterocycles. The highest BCUT2D eigenvalue weighted by Gasteiger charge is 2.21. The molecule has 1 aliphatic rings. The zero-order chi connectivity index (χ0) is 9.26. The standard InChI is InChI=1S/C10H11BrFN/c11-8-3-1-2-7-4-5-13-9(6-12)10(7)8/h1-3,9,13H,4-6H2. The molecular formula is C10H11BrFN. The summed E-state index contributed by atoms with van der Waals surface area (Å²) in [6.07, 6.45) is 0.991. The topological polar surface area (TPSA) is 12.0 Å². The van der Waals surface area contributed by atoms with Crippen molar-refractivity contribution in [3.05, 3.63) is 33.8 Å². The quantitative estimate of drug-likeness (QED) is 0.800. The highest BCUT2D eigenvalue weighted by atomic mass is 79.9. The van der Waals surface area contributed by atoms with E-state index < -0.39 is 0 Å². The normalized spacial score (nSPS) is 21.2. The Hall–Kier alpha value is -0.410. The Morgan fingerprint density at radius 3 is 3.15 bits per heavy atom. The lowest BCUT2D eigenvalue weighted by atomic mass is 9.95. The highest BCUT2D eigenvalue weighted by Crippen LogP contribution is 2.30. The third-order valence-electron chi connectivity index (χ3n) is 2.43. The molecule has 1 unspecified atom stereocenters. The van der Waals surface area contributed by atoms with E-state index in [0.29, 0.717) is 0 Å². The van der Waals surface area contributed by atoms with Crippen LogP contribution in [0, 0.1) is 0 Å². The Bertz CT molecular complexity index is 314.